The molecular formula is C13H18N2O3S2. The monoisotopic (exact) mass is 314 g/mol. The van der Waals surface area contributed by atoms with Gasteiger partial charge in [0.05, 0.1) is 6.26 Å². The molecule has 0 saturated carbocycles. The number of furan rings is 1. The molecule has 5 nitrogen and oxygen atoms in total. The Hall–Kier alpha value is -1.15. The molecule has 0 aromatic carbocycles. The Bertz CT molecular complexity index is 673. The minimum atomic E-state index is -3.45. The smallest absolute Gasteiger partial charge is 0.252 e. The lowest BCUT2D eigenvalue weighted by atomic mass is 10.3. The maximum atomic E-state index is 12.5. The van der Waals surface area contributed by atoms with Gasteiger partial charge in [-0.3, -0.25) is 0 Å². The van der Waals surface area contributed by atoms with Crippen LogP contribution >= 0.6 is 11.3 Å². The molecule has 0 aliphatic carbocycles. The van der Waals surface area contributed by atoms with Crippen molar-refractivity contribution in [3.63, 3.8) is 0 Å². The molecule has 7 heteroatoms. The lowest BCUT2D eigenvalue weighted by molar-refractivity contribution is 0.460. The highest BCUT2D eigenvalue weighted by atomic mass is 32.2. The predicted molar refractivity (Wildman–Crippen MR) is 79.2 cm³/mol. The van der Waals surface area contributed by atoms with Gasteiger partial charge >= 0.3 is 0 Å². The Morgan fingerprint density at radius 1 is 1.35 bits per heavy atom. The van der Waals surface area contributed by atoms with Crippen molar-refractivity contribution < 1.29 is 12.8 Å². The first-order valence-electron chi connectivity index (χ1n) is 6.17. The number of hydrogen-bond acceptors (Lipinski definition) is 5. The van der Waals surface area contributed by atoms with Crippen LogP contribution in [0.3, 0.4) is 0 Å². The van der Waals surface area contributed by atoms with Crippen LogP contribution in [0.25, 0.3) is 0 Å². The van der Waals surface area contributed by atoms with Gasteiger partial charge in [0.2, 0.25) is 0 Å². The molecule has 0 fully saturated rings. The molecule has 110 valence electrons. The molecule has 0 atom stereocenters. The third kappa shape index (κ3) is 3.12. The molecule has 0 spiro atoms. The van der Waals surface area contributed by atoms with E-state index >= 15 is 0 Å². The maximum absolute atomic E-state index is 12.5. The molecule has 2 aromatic rings. The van der Waals surface area contributed by atoms with Crippen molar-refractivity contribution in [3.8, 4) is 0 Å². The summed E-state index contributed by atoms with van der Waals surface area (Å²) < 4.78 is 31.9. The van der Waals surface area contributed by atoms with Crippen molar-refractivity contribution in [3.05, 3.63) is 40.7 Å². The van der Waals surface area contributed by atoms with Gasteiger partial charge in [0.25, 0.3) is 10.0 Å². The van der Waals surface area contributed by atoms with E-state index in [2.05, 4.69) is 5.32 Å². The first-order valence-corrected chi connectivity index (χ1v) is 8.43. The number of nitrogens with one attached hydrogen (secondary N) is 1. The van der Waals surface area contributed by atoms with Gasteiger partial charge in [-0.15, -0.1) is 11.3 Å². The summed E-state index contributed by atoms with van der Waals surface area (Å²) in [6.45, 7) is 2.81. The van der Waals surface area contributed by atoms with Crippen LogP contribution in [0.1, 0.15) is 16.2 Å². The Morgan fingerprint density at radius 3 is 2.70 bits per heavy atom. The fourth-order valence-corrected chi connectivity index (χ4v) is 4.55. The Labute approximate surface area is 123 Å². The van der Waals surface area contributed by atoms with Crippen LogP contribution in [0.15, 0.2) is 33.1 Å². The first kappa shape index (κ1) is 15.2. The molecule has 0 aliphatic heterocycles. The quantitative estimate of drug-likeness (QED) is 0.888. The summed E-state index contributed by atoms with van der Waals surface area (Å²) in [6, 6.07) is 5.29. The summed E-state index contributed by atoms with van der Waals surface area (Å²) >= 11 is 1.29. The fourth-order valence-electron chi connectivity index (χ4n) is 1.82. The summed E-state index contributed by atoms with van der Waals surface area (Å²) in [5, 5.41) is 3.01. The summed E-state index contributed by atoms with van der Waals surface area (Å²) in [5.41, 5.74) is 0.878. The van der Waals surface area contributed by atoms with E-state index in [1.54, 1.807) is 25.4 Å². The highest BCUT2D eigenvalue weighted by Crippen LogP contribution is 2.25. The molecule has 0 aliphatic rings. The zero-order chi connectivity index (χ0) is 14.8. The van der Waals surface area contributed by atoms with Crippen molar-refractivity contribution in [2.75, 3.05) is 14.1 Å². The highest BCUT2D eigenvalue weighted by Gasteiger charge is 2.23. The van der Waals surface area contributed by atoms with Crippen LogP contribution in [-0.2, 0) is 23.1 Å². The largest absolute Gasteiger partial charge is 0.469 e. The number of rotatable bonds is 6. The van der Waals surface area contributed by atoms with Crippen molar-refractivity contribution in [2.24, 2.45) is 0 Å². The van der Waals surface area contributed by atoms with Crippen LogP contribution in [0, 0.1) is 6.92 Å². The topological polar surface area (TPSA) is 62.6 Å². The van der Waals surface area contributed by atoms with Gasteiger partial charge in [-0.05, 0) is 32.2 Å². The average molecular weight is 314 g/mol. The number of thiophene rings is 1. The number of hydrogen-bond donors (Lipinski definition) is 1. The zero-order valence-electron chi connectivity index (χ0n) is 11.7. The minimum absolute atomic E-state index is 0.309. The minimum Gasteiger partial charge on any atom is -0.469 e. The standard InChI is InChI=1S/C13H18N2O3S2/c1-10-11(6-7-18-10)9-15(3)20(16,17)13-5-4-12(19-13)8-14-2/h4-7,14H,8-9H2,1-3H3. The Balaban J connectivity index is 2.18. The molecule has 2 rings (SSSR count). The van der Waals surface area contributed by atoms with Crippen molar-refractivity contribution in [1.29, 1.82) is 0 Å². The normalized spacial score (nSPS) is 12.2. The maximum Gasteiger partial charge on any atom is 0.252 e. The first-order chi connectivity index (χ1) is 9.45. The molecule has 0 radical (unpaired) electrons. The molecule has 20 heavy (non-hydrogen) atoms. The highest BCUT2D eigenvalue weighted by molar-refractivity contribution is 7.91. The molecule has 0 amide bonds. The molecule has 2 heterocycles. The van der Waals surface area contributed by atoms with E-state index in [0.717, 1.165) is 16.2 Å². The van der Waals surface area contributed by atoms with Crippen molar-refractivity contribution in [2.45, 2.75) is 24.2 Å². The van der Waals surface area contributed by atoms with E-state index in [9.17, 15) is 8.42 Å². The van der Waals surface area contributed by atoms with Gasteiger partial charge in [-0.1, -0.05) is 0 Å². The lowest BCUT2D eigenvalue weighted by Gasteiger charge is -2.15. The molecule has 0 unspecified atom stereocenters. The summed E-state index contributed by atoms with van der Waals surface area (Å²) in [5.74, 6) is 0.745. The van der Waals surface area contributed by atoms with Gasteiger partial charge in [-0.25, -0.2) is 8.42 Å². The van der Waals surface area contributed by atoms with Crippen LogP contribution < -0.4 is 5.32 Å². The van der Waals surface area contributed by atoms with Crippen LogP contribution in [-0.4, -0.2) is 26.8 Å². The number of nitrogens with zero attached hydrogens (tertiary/aromatic N) is 1. The third-order valence-corrected chi connectivity index (χ3v) is 6.37. The fraction of sp³-hybridized carbons (Fsp3) is 0.385. The zero-order valence-corrected chi connectivity index (χ0v) is 13.3. The van der Waals surface area contributed by atoms with Gasteiger partial charge in [0, 0.05) is 30.6 Å². The van der Waals surface area contributed by atoms with Gasteiger partial charge in [-0.2, -0.15) is 4.31 Å². The van der Waals surface area contributed by atoms with Crippen LogP contribution in [0.4, 0.5) is 0 Å². The van der Waals surface area contributed by atoms with Gasteiger partial charge < -0.3 is 9.73 Å². The molecule has 1 N–H and O–H groups in total. The van der Waals surface area contributed by atoms with Crippen molar-refractivity contribution in [1.82, 2.24) is 9.62 Å². The van der Waals surface area contributed by atoms with Gasteiger partial charge in [0.1, 0.15) is 9.97 Å². The Morgan fingerprint density at radius 2 is 2.10 bits per heavy atom. The lowest BCUT2D eigenvalue weighted by Crippen LogP contribution is -2.25. The van der Waals surface area contributed by atoms with E-state index in [0.29, 0.717) is 17.3 Å². The number of aryl methyl sites for hydroxylation is 1. The second-order valence-corrected chi connectivity index (χ2v) is 7.95. The molecular weight excluding hydrogens is 296 g/mol. The third-order valence-electron chi connectivity index (χ3n) is 3.01. The molecule has 0 bridgehead atoms. The summed E-state index contributed by atoms with van der Waals surface area (Å²) in [7, 11) is -0.0293. The van der Waals surface area contributed by atoms with E-state index in [1.165, 1.54) is 15.6 Å². The van der Waals surface area contributed by atoms with E-state index in [1.807, 2.05) is 20.0 Å². The van der Waals surface area contributed by atoms with E-state index < -0.39 is 10.0 Å². The Kier molecular flexibility index (Phi) is 4.64. The van der Waals surface area contributed by atoms with Gasteiger partial charge in [0.15, 0.2) is 0 Å². The van der Waals surface area contributed by atoms with Crippen molar-refractivity contribution >= 4 is 21.4 Å². The summed E-state index contributed by atoms with van der Waals surface area (Å²) in [6.07, 6.45) is 1.57. The SMILES string of the molecule is CNCc1ccc(S(=O)(=O)N(C)Cc2ccoc2C)s1. The molecule has 2 aromatic heterocycles. The predicted octanol–water partition coefficient (Wildman–Crippen LogP) is 2.19. The van der Waals surface area contributed by atoms with E-state index in [4.69, 9.17) is 4.42 Å². The summed E-state index contributed by atoms with van der Waals surface area (Å²) in [4.78, 5) is 0.999. The second-order valence-electron chi connectivity index (χ2n) is 4.51. The second kappa shape index (κ2) is 6.09. The van der Waals surface area contributed by atoms with E-state index in [-0.39, 0.29) is 0 Å². The number of sulfonamides is 1. The average Bonchev–Trinajstić information content (AvgIpc) is 3.00. The molecule has 0 saturated heterocycles. The van der Waals surface area contributed by atoms with Crippen LogP contribution in [0.2, 0.25) is 0 Å². The van der Waals surface area contributed by atoms with Crippen LogP contribution in [0.5, 0.6) is 0 Å².